The van der Waals surface area contributed by atoms with Crippen LogP contribution in [0.5, 0.6) is 0 Å². The molecular weight excluding hydrogens is 284 g/mol. The van der Waals surface area contributed by atoms with E-state index in [0.717, 1.165) is 0 Å². The second kappa shape index (κ2) is 5.99. The lowest BCUT2D eigenvalue weighted by Crippen LogP contribution is -2.13. The van der Waals surface area contributed by atoms with Gasteiger partial charge in [0.1, 0.15) is 0 Å². The fourth-order valence-corrected chi connectivity index (χ4v) is 2.98. The molecule has 0 spiro atoms. The topological polar surface area (TPSA) is 110 Å². The highest BCUT2D eigenvalue weighted by Crippen LogP contribution is 2.30. The molecule has 0 unspecified atom stereocenters. The van der Waals surface area contributed by atoms with Crippen molar-refractivity contribution in [1.82, 2.24) is 0 Å². The number of benzene rings is 2. The zero-order valence-electron chi connectivity index (χ0n) is 10.0. The smallest absolute Gasteiger partial charge is 0.0893 e. The van der Waals surface area contributed by atoms with Gasteiger partial charge in [-0.15, -0.1) is 0 Å². The van der Waals surface area contributed by atoms with E-state index in [1.54, 1.807) is 0 Å². The van der Waals surface area contributed by atoms with Crippen molar-refractivity contribution >= 4 is 22.2 Å². The van der Waals surface area contributed by atoms with Crippen molar-refractivity contribution in [2.75, 3.05) is 10.5 Å². The molecule has 0 aromatic heterocycles. The highest BCUT2D eigenvalue weighted by molar-refractivity contribution is 7.85. The van der Waals surface area contributed by atoms with E-state index < -0.39 is 21.3 Å². The Morgan fingerprint density at radius 1 is 0.800 bits per heavy atom. The van der Waals surface area contributed by atoms with Crippen LogP contribution in [-0.4, -0.2) is 14.6 Å². The van der Waals surface area contributed by atoms with Crippen LogP contribution in [0.15, 0.2) is 58.3 Å². The molecule has 0 bridgehead atoms. The molecule has 0 aliphatic heterocycles. The summed E-state index contributed by atoms with van der Waals surface area (Å²) in [5.41, 5.74) is -0.396. The SMILES string of the molecule is O=S(c1ccccc1N([O-])O)c1ccccc1N([O-])O. The largest absolute Gasteiger partial charge is 0.733 e. The first-order chi connectivity index (χ1) is 9.52. The predicted molar refractivity (Wildman–Crippen MR) is 72.8 cm³/mol. The van der Waals surface area contributed by atoms with Crippen LogP contribution in [0, 0.1) is 10.4 Å². The van der Waals surface area contributed by atoms with Gasteiger partial charge in [0.15, 0.2) is 0 Å². The normalized spacial score (nSPS) is 10.7. The van der Waals surface area contributed by atoms with E-state index in [4.69, 9.17) is 10.4 Å². The summed E-state index contributed by atoms with van der Waals surface area (Å²) >= 11 is 0. The fourth-order valence-electron chi connectivity index (χ4n) is 1.66. The second-order valence-corrected chi connectivity index (χ2v) is 5.17. The summed E-state index contributed by atoms with van der Waals surface area (Å²) in [5.74, 6) is 0. The Labute approximate surface area is 116 Å². The highest BCUT2D eigenvalue weighted by atomic mass is 32.2. The van der Waals surface area contributed by atoms with E-state index in [9.17, 15) is 14.6 Å². The quantitative estimate of drug-likeness (QED) is 0.832. The van der Waals surface area contributed by atoms with Gasteiger partial charge in [-0.2, -0.15) is 0 Å². The van der Waals surface area contributed by atoms with Crippen molar-refractivity contribution in [3.63, 3.8) is 0 Å². The van der Waals surface area contributed by atoms with Crippen molar-refractivity contribution in [2.24, 2.45) is 0 Å². The minimum absolute atomic E-state index is 0.0271. The first-order valence-corrected chi connectivity index (χ1v) is 6.59. The maximum atomic E-state index is 12.5. The molecule has 0 atom stereocenters. The zero-order valence-corrected chi connectivity index (χ0v) is 10.9. The molecule has 0 aliphatic carbocycles. The lowest BCUT2D eigenvalue weighted by atomic mass is 10.3. The molecular formula is C12H10N2O5S-2. The molecule has 0 amide bonds. The second-order valence-electron chi connectivity index (χ2n) is 3.75. The molecule has 8 heteroatoms. The Hall–Kier alpha value is -1.97. The van der Waals surface area contributed by atoms with E-state index in [1.165, 1.54) is 48.5 Å². The summed E-state index contributed by atoms with van der Waals surface area (Å²) in [6.45, 7) is 0. The van der Waals surface area contributed by atoms with Crippen LogP contribution >= 0.6 is 0 Å². The summed E-state index contributed by atoms with van der Waals surface area (Å²) in [6.07, 6.45) is 0. The summed E-state index contributed by atoms with van der Waals surface area (Å²) in [5, 5.41) is 39.3. The van der Waals surface area contributed by atoms with Crippen molar-refractivity contribution in [1.29, 1.82) is 0 Å². The van der Waals surface area contributed by atoms with Gasteiger partial charge in [0.05, 0.1) is 32.0 Å². The maximum Gasteiger partial charge on any atom is 0.0893 e. The van der Waals surface area contributed by atoms with Crippen LogP contribution < -0.4 is 10.5 Å². The maximum absolute atomic E-state index is 12.5. The van der Waals surface area contributed by atoms with Gasteiger partial charge in [-0.3, -0.25) is 10.4 Å². The lowest BCUT2D eigenvalue weighted by Gasteiger charge is -2.26. The summed E-state index contributed by atoms with van der Waals surface area (Å²) < 4.78 is 12.5. The number of rotatable bonds is 4. The minimum Gasteiger partial charge on any atom is -0.733 e. The van der Waals surface area contributed by atoms with Crippen LogP contribution in [0.2, 0.25) is 0 Å². The van der Waals surface area contributed by atoms with Crippen LogP contribution in [0.25, 0.3) is 0 Å². The summed E-state index contributed by atoms with van der Waals surface area (Å²) in [7, 11) is -1.91. The van der Waals surface area contributed by atoms with Gasteiger partial charge in [-0.05, 0) is 24.3 Å². The number of hydrogen-bond acceptors (Lipinski definition) is 7. The minimum atomic E-state index is -1.91. The standard InChI is InChI=1S/C12H10N2O5S/c15-13(16)9-5-1-3-7-11(9)20(19)12-8-4-2-6-10(12)14(17)18/h1-8,15,17H/q-2. The van der Waals surface area contributed by atoms with Gasteiger partial charge in [0.2, 0.25) is 0 Å². The van der Waals surface area contributed by atoms with Gasteiger partial charge in [0, 0.05) is 0 Å². The van der Waals surface area contributed by atoms with E-state index in [-0.39, 0.29) is 21.2 Å². The Bertz CT molecular complexity index is 579. The highest BCUT2D eigenvalue weighted by Gasteiger charge is 2.16. The average Bonchev–Trinajstić information content (AvgIpc) is 2.46. The molecule has 20 heavy (non-hydrogen) atoms. The van der Waals surface area contributed by atoms with E-state index in [2.05, 4.69) is 0 Å². The third kappa shape index (κ3) is 2.79. The third-order valence-corrected chi connectivity index (χ3v) is 4.03. The fraction of sp³-hybridized carbons (Fsp3) is 0. The Kier molecular flexibility index (Phi) is 4.32. The average molecular weight is 294 g/mol. The number of para-hydroxylation sites is 2. The van der Waals surface area contributed by atoms with E-state index >= 15 is 0 Å². The van der Waals surface area contributed by atoms with Gasteiger partial charge >= 0.3 is 0 Å². The molecule has 0 saturated heterocycles. The molecule has 2 N–H and O–H groups in total. The molecule has 7 nitrogen and oxygen atoms in total. The zero-order chi connectivity index (χ0) is 14.7. The first-order valence-electron chi connectivity index (χ1n) is 5.44. The predicted octanol–water partition coefficient (Wildman–Crippen LogP) is 2.24. The van der Waals surface area contributed by atoms with Crippen LogP contribution in [0.3, 0.4) is 0 Å². The van der Waals surface area contributed by atoms with Crippen LogP contribution in [-0.2, 0) is 10.8 Å². The monoisotopic (exact) mass is 294 g/mol. The molecule has 106 valence electrons. The number of nitrogens with zero attached hydrogens (tertiary/aromatic N) is 2. The van der Waals surface area contributed by atoms with Crippen molar-refractivity contribution in [2.45, 2.75) is 9.79 Å². The Balaban J connectivity index is 2.53. The van der Waals surface area contributed by atoms with E-state index in [1.807, 2.05) is 0 Å². The third-order valence-electron chi connectivity index (χ3n) is 2.54. The Morgan fingerprint density at radius 3 is 1.50 bits per heavy atom. The molecule has 0 fully saturated rings. The molecule has 2 aromatic carbocycles. The molecule has 0 heterocycles. The first kappa shape index (κ1) is 14.4. The molecule has 0 radical (unpaired) electrons. The summed E-state index contributed by atoms with van der Waals surface area (Å²) in [6, 6.07) is 11.4. The Morgan fingerprint density at radius 2 is 1.15 bits per heavy atom. The van der Waals surface area contributed by atoms with Gasteiger partial charge in [-0.25, -0.2) is 4.21 Å². The van der Waals surface area contributed by atoms with Gasteiger partial charge < -0.3 is 20.9 Å². The lowest BCUT2D eigenvalue weighted by molar-refractivity contribution is 0.294. The van der Waals surface area contributed by atoms with Gasteiger partial charge in [0.25, 0.3) is 0 Å². The van der Waals surface area contributed by atoms with Gasteiger partial charge in [-0.1, -0.05) is 24.3 Å². The van der Waals surface area contributed by atoms with Crippen molar-refractivity contribution in [3.8, 4) is 0 Å². The van der Waals surface area contributed by atoms with Crippen LogP contribution in [0.1, 0.15) is 0 Å². The number of hydrogen-bond donors (Lipinski definition) is 2. The summed E-state index contributed by atoms with van der Waals surface area (Å²) in [4.78, 5) is 0.0543. The molecule has 0 aliphatic rings. The number of anilines is 2. The van der Waals surface area contributed by atoms with Crippen molar-refractivity contribution in [3.05, 3.63) is 58.9 Å². The molecule has 2 aromatic rings. The van der Waals surface area contributed by atoms with E-state index in [0.29, 0.717) is 0 Å². The van der Waals surface area contributed by atoms with Crippen molar-refractivity contribution < 1.29 is 14.6 Å². The molecule has 2 rings (SSSR count). The van der Waals surface area contributed by atoms with Crippen LogP contribution in [0.4, 0.5) is 11.4 Å². The molecule has 0 saturated carbocycles.